The lowest BCUT2D eigenvalue weighted by atomic mass is 10.00. The van der Waals surface area contributed by atoms with E-state index in [1.807, 2.05) is 42.6 Å². The van der Waals surface area contributed by atoms with Gasteiger partial charge < -0.3 is 10.4 Å². The molecule has 0 bridgehead atoms. The SMILES string of the molecule is Cc1ccc2ccc(C(Nc3ccccc3C(F)(F)F)c3cccs3)c(O)c2n1. The van der Waals surface area contributed by atoms with Gasteiger partial charge in [0, 0.05) is 27.2 Å². The minimum Gasteiger partial charge on any atom is -0.505 e. The van der Waals surface area contributed by atoms with E-state index in [-0.39, 0.29) is 11.4 Å². The number of hydrogen-bond donors (Lipinski definition) is 2. The summed E-state index contributed by atoms with van der Waals surface area (Å²) in [7, 11) is 0. The van der Waals surface area contributed by atoms with Crippen molar-refractivity contribution >= 4 is 27.9 Å². The molecule has 3 nitrogen and oxygen atoms in total. The van der Waals surface area contributed by atoms with Crippen LogP contribution in [0.25, 0.3) is 10.9 Å². The van der Waals surface area contributed by atoms with Gasteiger partial charge in [0.05, 0.1) is 11.6 Å². The van der Waals surface area contributed by atoms with E-state index in [1.165, 1.54) is 23.5 Å². The lowest BCUT2D eigenvalue weighted by molar-refractivity contribution is -0.137. The van der Waals surface area contributed by atoms with Gasteiger partial charge in [0.25, 0.3) is 0 Å². The van der Waals surface area contributed by atoms with Crippen LogP contribution in [0.15, 0.2) is 66.0 Å². The number of rotatable bonds is 4. The smallest absolute Gasteiger partial charge is 0.418 e. The Balaban J connectivity index is 1.86. The Kier molecular flexibility index (Phi) is 4.92. The summed E-state index contributed by atoms with van der Waals surface area (Å²) >= 11 is 1.40. The maximum atomic E-state index is 13.5. The molecule has 4 aromatic rings. The zero-order chi connectivity index (χ0) is 20.6. The zero-order valence-corrected chi connectivity index (χ0v) is 16.2. The number of thiophene rings is 1. The number of fused-ring (bicyclic) bond motifs is 1. The van der Waals surface area contributed by atoms with Crippen molar-refractivity contribution in [3.8, 4) is 5.75 Å². The average Bonchev–Trinajstić information content (AvgIpc) is 3.21. The number of anilines is 1. The van der Waals surface area contributed by atoms with E-state index in [1.54, 1.807) is 12.1 Å². The van der Waals surface area contributed by atoms with Crippen LogP contribution in [0.5, 0.6) is 5.75 Å². The van der Waals surface area contributed by atoms with Gasteiger partial charge >= 0.3 is 6.18 Å². The second-order valence-electron chi connectivity index (χ2n) is 6.66. The quantitative estimate of drug-likeness (QED) is 0.399. The molecule has 2 N–H and O–H groups in total. The Labute approximate surface area is 169 Å². The molecule has 2 aromatic heterocycles. The maximum absolute atomic E-state index is 13.5. The molecule has 29 heavy (non-hydrogen) atoms. The first-order valence-electron chi connectivity index (χ1n) is 8.90. The molecule has 0 saturated carbocycles. The van der Waals surface area contributed by atoms with Crippen LogP contribution in [0.4, 0.5) is 18.9 Å². The molecule has 2 heterocycles. The fourth-order valence-corrected chi connectivity index (χ4v) is 4.08. The summed E-state index contributed by atoms with van der Waals surface area (Å²) in [6.45, 7) is 1.82. The fraction of sp³-hybridized carbons (Fsp3) is 0.136. The number of nitrogens with one attached hydrogen (secondary N) is 1. The normalized spacial score (nSPS) is 12.8. The molecule has 0 aliphatic heterocycles. The number of halogens is 3. The first-order valence-corrected chi connectivity index (χ1v) is 9.78. The first-order chi connectivity index (χ1) is 13.8. The Hall–Kier alpha value is -3.06. The standard InChI is InChI=1S/C22H17F3N2OS/c1-13-8-9-14-10-11-15(21(28)19(14)26-13)20(18-7-4-12-29-18)27-17-6-3-2-5-16(17)22(23,24)25/h2-12,20,27-28H,1H3. The second-order valence-corrected chi connectivity index (χ2v) is 7.64. The molecule has 0 amide bonds. The van der Waals surface area contributed by atoms with E-state index >= 15 is 0 Å². The number of phenols is 1. The largest absolute Gasteiger partial charge is 0.505 e. The van der Waals surface area contributed by atoms with Crippen molar-refractivity contribution in [1.29, 1.82) is 0 Å². The van der Waals surface area contributed by atoms with E-state index < -0.39 is 17.8 Å². The maximum Gasteiger partial charge on any atom is 0.418 e. The number of para-hydroxylation sites is 1. The van der Waals surface area contributed by atoms with Gasteiger partial charge in [-0.3, -0.25) is 0 Å². The monoisotopic (exact) mass is 414 g/mol. The summed E-state index contributed by atoms with van der Waals surface area (Å²) in [5, 5.41) is 16.5. The van der Waals surface area contributed by atoms with Crippen molar-refractivity contribution in [2.75, 3.05) is 5.32 Å². The molecule has 0 spiro atoms. The van der Waals surface area contributed by atoms with Gasteiger partial charge in [-0.25, -0.2) is 4.98 Å². The number of phenolic OH excluding ortho intramolecular Hbond substituents is 1. The Morgan fingerprint density at radius 1 is 1.00 bits per heavy atom. The van der Waals surface area contributed by atoms with Gasteiger partial charge in [-0.15, -0.1) is 11.3 Å². The average molecular weight is 414 g/mol. The van der Waals surface area contributed by atoms with E-state index in [0.717, 1.165) is 22.0 Å². The predicted molar refractivity (Wildman–Crippen MR) is 109 cm³/mol. The van der Waals surface area contributed by atoms with Crippen LogP contribution in [-0.2, 0) is 6.18 Å². The van der Waals surface area contributed by atoms with Gasteiger partial charge in [-0.05, 0) is 36.6 Å². The summed E-state index contributed by atoms with van der Waals surface area (Å²) in [4.78, 5) is 5.19. The minimum atomic E-state index is -4.49. The summed E-state index contributed by atoms with van der Waals surface area (Å²) in [5.41, 5.74) is 0.837. The van der Waals surface area contributed by atoms with Crippen LogP contribution >= 0.6 is 11.3 Å². The number of nitrogens with zero attached hydrogens (tertiary/aromatic N) is 1. The van der Waals surface area contributed by atoms with E-state index in [4.69, 9.17) is 0 Å². The molecule has 148 valence electrons. The fourth-order valence-electron chi connectivity index (χ4n) is 3.29. The number of aromatic nitrogens is 1. The number of aryl methyl sites for hydroxylation is 1. The topological polar surface area (TPSA) is 45.1 Å². The number of benzene rings is 2. The highest BCUT2D eigenvalue weighted by Crippen LogP contribution is 2.41. The summed E-state index contributed by atoms with van der Waals surface area (Å²) in [6.07, 6.45) is -4.49. The molecule has 0 aliphatic carbocycles. The van der Waals surface area contributed by atoms with Crippen molar-refractivity contribution in [3.05, 3.63) is 87.7 Å². The molecular weight excluding hydrogens is 397 g/mol. The van der Waals surface area contributed by atoms with Crippen LogP contribution < -0.4 is 5.32 Å². The van der Waals surface area contributed by atoms with Gasteiger partial charge in [0.1, 0.15) is 11.3 Å². The third-order valence-electron chi connectivity index (χ3n) is 4.68. The van der Waals surface area contributed by atoms with Crippen LogP contribution in [0, 0.1) is 6.92 Å². The molecule has 1 atom stereocenters. The Morgan fingerprint density at radius 3 is 2.48 bits per heavy atom. The molecule has 0 fully saturated rings. The van der Waals surface area contributed by atoms with Gasteiger partial charge in [-0.1, -0.05) is 36.4 Å². The van der Waals surface area contributed by atoms with Crippen LogP contribution in [0.1, 0.15) is 27.7 Å². The third kappa shape index (κ3) is 3.78. The number of aromatic hydroxyl groups is 1. The van der Waals surface area contributed by atoms with Gasteiger partial charge in [0.15, 0.2) is 0 Å². The van der Waals surface area contributed by atoms with Crippen molar-refractivity contribution in [2.45, 2.75) is 19.1 Å². The van der Waals surface area contributed by atoms with Crippen molar-refractivity contribution in [1.82, 2.24) is 4.98 Å². The molecule has 0 radical (unpaired) electrons. The molecular formula is C22H17F3N2OS. The first kappa shape index (κ1) is 19.3. The molecule has 7 heteroatoms. The molecule has 2 aromatic carbocycles. The Morgan fingerprint density at radius 2 is 1.76 bits per heavy atom. The van der Waals surface area contributed by atoms with E-state index in [0.29, 0.717) is 11.1 Å². The van der Waals surface area contributed by atoms with Crippen molar-refractivity contribution < 1.29 is 18.3 Å². The summed E-state index contributed by atoms with van der Waals surface area (Å²) < 4.78 is 40.4. The van der Waals surface area contributed by atoms with Crippen LogP contribution in [0.3, 0.4) is 0 Å². The number of pyridine rings is 1. The highest BCUT2D eigenvalue weighted by molar-refractivity contribution is 7.10. The lowest BCUT2D eigenvalue weighted by Gasteiger charge is -2.23. The van der Waals surface area contributed by atoms with Crippen molar-refractivity contribution in [3.63, 3.8) is 0 Å². The van der Waals surface area contributed by atoms with Gasteiger partial charge in [-0.2, -0.15) is 13.2 Å². The highest BCUT2D eigenvalue weighted by atomic mass is 32.1. The summed E-state index contributed by atoms with van der Waals surface area (Å²) in [5.74, 6) is -0.0402. The third-order valence-corrected chi connectivity index (χ3v) is 5.61. The lowest BCUT2D eigenvalue weighted by Crippen LogP contribution is -2.16. The van der Waals surface area contributed by atoms with E-state index in [9.17, 15) is 18.3 Å². The molecule has 0 aliphatic rings. The minimum absolute atomic E-state index is 0.0402. The number of alkyl halides is 3. The number of hydrogen-bond acceptors (Lipinski definition) is 4. The highest BCUT2D eigenvalue weighted by Gasteiger charge is 2.34. The second kappa shape index (κ2) is 7.40. The molecule has 0 saturated heterocycles. The zero-order valence-electron chi connectivity index (χ0n) is 15.4. The molecule has 4 rings (SSSR count). The predicted octanol–water partition coefficient (Wildman–Crippen LogP) is 6.53. The van der Waals surface area contributed by atoms with Gasteiger partial charge in [0.2, 0.25) is 0 Å². The van der Waals surface area contributed by atoms with Crippen LogP contribution in [0.2, 0.25) is 0 Å². The van der Waals surface area contributed by atoms with E-state index in [2.05, 4.69) is 10.3 Å². The van der Waals surface area contributed by atoms with Crippen molar-refractivity contribution in [2.24, 2.45) is 0 Å². The Bertz CT molecular complexity index is 1160. The summed E-state index contributed by atoms with van der Waals surface area (Å²) in [6, 6.07) is 15.6. The molecule has 1 unspecified atom stereocenters. The van der Waals surface area contributed by atoms with Crippen LogP contribution in [-0.4, -0.2) is 10.1 Å².